The van der Waals surface area contributed by atoms with E-state index in [0.29, 0.717) is 17.5 Å². The van der Waals surface area contributed by atoms with Gasteiger partial charge in [-0.25, -0.2) is 4.39 Å². The van der Waals surface area contributed by atoms with E-state index in [1.807, 2.05) is 4.90 Å². The van der Waals surface area contributed by atoms with Crippen molar-refractivity contribution in [3.8, 4) is 11.5 Å². The van der Waals surface area contributed by atoms with Gasteiger partial charge in [-0.1, -0.05) is 5.10 Å². The topological polar surface area (TPSA) is 71.3 Å². The van der Waals surface area contributed by atoms with Crippen LogP contribution in [-0.4, -0.2) is 39.6 Å². The van der Waals surface area contributed by atoms with Crippen molar-refractivity contribution < 1.29 is 13.6 Å². The molecule has 0 radical (unpaired) electrons. The summed E-state index contributed by atoms with van der Waals surface area (Å²) < 4.78 is 18.5. The van der Waals surface area contributed by atoms with Gasteiger partial charge < -0.3 is 14.6 Å². The van der Waals surface area contributed by atoms with E-state index >= 15 is 0 Å². The minimum Gasteiger partial charge on any atom is -0.403 e. The molecule has 1 saturated heterocycles. The Morgan fingerprint density at radius 1 is 1.29 bits per heavy atom. The van der Waals surface area contributed by atoms with Crippen LogP contribution in [0.15, 0.2) is 28.7 Å². The van der Waals surface area contributed by atoms with Gasteiger partial charge in [0.05, 0.1) is 0 Å². The van der Waals surface area contributed by atoms with Crippen molar-refractivity contribution in [1.29, 1.82) is 0 Å². The molecule has 0 unspecified atom stereocenters. The molecular formula is C17H19FN4O2. The third-order valence-corrected chi connectivity index (χ3v) is 4.74. The van der Waals surface area contributed by atoms with Crippen LogP contribution in [0.4, 0.5) is 10.4 Å². The minimum atomic E-state index is -0.423. The fourth-order valence-electron chi connectivity index (χ4n) is 3.14. The highest BCUT2D eigenvalue weighted by molar-refractivity contribution is 5.84. The number of halogens is 1. The van der Waals surface area contributed by atoms with Crippen molar-refractivity contribution in [2.75, 3.05) is 11.9 Å². The molecule has 2 aliphatic rings. The Morgan fingerprint density at radius 2 is 2.04 bits per heavy atom. The number of benzene rings is 1. The molecule has 1 amide bonds. The van der Waals surface area contributed by atoms with Gasteiger partial charge in [-0.2, -0.15) is 0 Å². The van der Waals surface area contributed by atoms with Crippen LogP contribution in [0.1, 0.15) is 26.2 Å². The monoisotopic (exact) mass is 330 g/mol. The molecule has 1 aliphatic heterocycles. The van der Waals surface area contributed by atoms with Crippen LogP contribution >= 0.6 is 0 Å². The van der Waals surface area contributed by atoms with Crippen LogP contribution in [0.5, 0.6) is 0 Å². The molecule has 126 valence electrons. The SMILES string of the molecule is C[C@@H](Nc1nnc(-c2ccc(F)cc2)o1)C(=O)N1CC[C@H]1C1CC1. The van der Waals surface area contributed by atoms with Gasteiger partial charge in [0.1, 0.15) is 11.9 Å². The van der Waals surface area contributed by atoms with Crippen LogP contribution < -0.4 is 5.32 Å². The number of amides is 1. The number of carbonyl (C=O) groups excluding carboxylic acids is 1. The fraction of sp³-hybridized carbons (Fsp3) is 0.471. The first-order valence-electron chi connectivity index (χ1n) is 8.28. The van der Waals surface area contributed by atoms with E-state index in [1.54, 1.807) is 19.1 Å². The Hall–Kier alpha value is -2.44. The molecule has 0 spiro atoms. The highest BCUT2D eigenvalue weighted by Crippen LogP contribution is 2.41. The summed E-state index contributed by atoms with van der Waals surface area (Å²) in [6, 6.07) is 6.00. The summed E-state index contributed by atoms with van der Waals surface area (Å²) in [5, 5.41) is 10.8. The van der Waals surface area contributed by atoms with E-state index in [0.717, 1.165) is 13.0 Å². The van der Waals surface area contributed by atoms with Crippen LogP contribution in [0.2, 0.25) is 0 Å². The molecule has 1 N–H and O–H groups in total. The molecule has 0 bridgehead atoms. The number of hydrogen-bond acceptors (Lipinski definition) is 5. The van der Waals surface area contributed by atoms with Crippen LogP contribution in [-0.2, 0) is 4.79 Å². The number of likely N-dealkylation sites (tertiary alicyclic amines) is 1. The zero-order valence-corrected chi connectivity index (χ0v) is 13.4. The van der Waals surface area contributed by atoms with E-state index < -0.39 is 6.04 Å². The van der Waals surface area contributed by atoms with Crippen LogP contribution in [0.25, 0.3) is 11.5 Å². The number of nitrogens with zero attached hydrogens (tertiary/aromatic N) is 3. The highest BCUT2D eigenvalue weighted by atomic mass is 19.1. The largest absolute Gasteiger partial charge is 0.403 e. The van der Waals surface area contributed by atoms with Gasteiger partial charge in [-0.3, -0.25) is 4.79 Å². The van der Waals surface area contributed by atoms with Gasteiger partial charge in [-0.15, -0.1) is 5.10 Å². The van der Waals surface area contributed by atoms with Gasteiger partial charge in [0.25, 0.3) is 0 Å². The first kappa shape index (κ1) is 15.1. The molecule has 4 rings (SSSR count). The maximum atomic E-state index is 13.0. The van der Waals surface area contributed by atoms with Gasteiger partial charge >= 0.3 is 6.01 Å². The molecule has 1 aliphatic carbocycles. The maximum Gasteiger partial charge on any atom is 0.316 e. The standard InChI is InChI=1S/C17H19FN4O2/c1-10(16(23)22-9-8-14(22)11-2-3-11)19-17-21-20-15(24-17)12-4-6-13(18)7-5-12/h4-7,10-11,14H,2-3,8-9H2,1H3,(H,19,21)/t10-,14+/m1/s1. The molecule has 2 fully saturated rings. The van der Waals surface area contributed by atoms with E-state index in [-0.39, 0.29) is 23.6 Å². The molecule has 24 heavy (non-hydrogen) atoms. The Labute approximate surface area is 139 Å². The molecule has 1 aromatic carbocycles. The van der Waals surface area contributed by atoms with Gasteiger partial charge in [0.2, 0.25) is 11.8 Å². The van der Waals surface area contributed by atoms with Crippen molar-refractivity contribution in [1.82, 2.24) is 15.1 Å². The van der Waals surface area contributed by atoms with Crippen molar-refractivity contribution in [3.63, 3.8) is 0 Å². The van der Waals surface area contributed by atoms with E-state index in [9.17, 15) is 9.18 Å². The van der Waals surface area contributed by atoms with Crippen molar-refractivity contribution in [2.45, 2.75) is 38.3 Å². The quantitative estimate of drug-likeness (QED) is 0.912. The van der Waals surface area contributed by atoms with Crippen molar-refractivity contribution in [3.05, 3.63) is 30.1 Å². The number of rotatable bonds is 5. The lowest BCUT2D eigenvalue weighted by atomic mass is 9.97. The Morgan fingerprint density at radius 3 is 2.67 bits per heavy atom. The smallest absolute Gasteiger partial charge is 0.316 e. The average molecular weight is 330 g/mol. The summed E-state index contributed by atoms with van der Waals surface area (Å²) >= 11 is 0. The second-order valence-electron chi connectivity index (χ2n) is 6.51. The average Bonchev–Trinajstić information content (AvgIpc) is 3.24. The molecule has 1 aromatic heterocycles. The summed E-state index contributed by atoms with van der Waals surface area (Å²) in [5.74, 6) is 0.732. The normalized spacial score (nSPS) is 21.2. The third kappa shape index (κ3) is 2.86. The molecule has 2 atom stereocenters. The van der Waals surface area contributed by atoms with Crippen LogP contribution in [0.3, 0.4) is 0 Å². The highest BCUT2D eigenvalue weighted by Gasteiger charge is 2.43. The molecule has 7 heteroatoms. The number of hydrogen-bond donors (Lipinski definition) is 1. The lowest BCUT2D eigenvalue weighted by Crippen LogP contribution is -2.56. The number of anilines is 1. The fourth-order valence-corrected chi connectivity index (χ4v) is 3.14. The number of carbonyl (C=O) groups is 1. The molecule has 6 nitrogen and oxygen atoms in total. The zero-order valence-electron chi connectivity index (χ0n) is 13.4. The lowest BCUT2D eigenvalue weighted by molar-refractivity contribution is -0.140. The molecule has 2 aromatic rings. The predicted octanol–water partition coefficient (Wildman–Crippen LogP) is 2.69. The summed E-state index contributed by atoms with van der Waals surface area (Å²) in [5.41, 5.74) is 0.632. The summed E-state index contributed by atoms with van der Waals surface area (Å²) in [4.78, 5) is 14.5. The number of aromatic nitrogens is 2. The maximum absolute atomic E-state index is 13.0. The Balaban J connectivity index is 1.40. The van der Waals surface area contributed by atoms with Crippen molar-refractivity contribution in [2.24, 2.45) is 5.92 Å². The second kappa shape index (κ2) is 5.89. The van der Waals surface area contributed by atoms with Crippen LogP contribution in [0, 0.1) is 11.7 Å². The Kier molecular flexibility index (Phi) is 3.70. The first-order valence-corrected chi connectivity index (χ1v) is 8.28. The summed E-state index contributed by atoms with van der Waals surface area (Å²) in [6.07, 6.45) is 3.58. The second-order valence-corrected chi connectivity index (χ2v) is 6.51. The molecular weight excluding hydrogens is 311 g/mol. The zero-order chi connectivity index (χ0) is 16.7. The minimum absolute atomic E-state index is 0.0692. The predicted molar refractivity (Wildman–Crippen MR) is 85.6 cm³/mol. The molecule has 1 saturated carbocycles. The summed E-state index contributed by atoms with van der Waals surface area (Å²) in [6.45, 7) is 2.63. The Bertz CT molecular complexity index is 741. The number of nitrogens with one attached hydrogen (secondary N) is 1. The van der Waals surface area contributed by atoms with E-state index in [4.69, 9.17) is 4.42 Å². The van der Waals surface area contributed by atoms with E-state index in [2.05, 4.69) is 15.5 Å². The summed E-state index contributed by atoms with van der Waals surface area (Å²) in [7, 11) is 0. The lowest BCUT2D eigenvalue weighted by Gasteiger charge is -2.42. The molecule has 2 heterocycles. The van der Waals surface area contributed by atoms with Gasteiger partial charge in [0, 0.05) is 18.2 Å². The van der Waals surface area contributed by atoms with Gasteiger partial charge in [0.15, 0.2) is 0 Å². The first-order chi connectivity index (χ1) is 11.6. The van der Waals surface area contributed by atoms with Gasteiger partial charge in [-0.05, 0) is 56.4 Å². The van der Waals surface area contributed by atoms with E-state index in [1.165, 1.54) is 25.0 Å². The van der Waals surface area contributed by atoms with Crippen molar-refractivity contribution >= 4 is 11.9 Å². The third-order valence-electron chi connectivity index (χ3n) is 4.74.